The molecule has 3 N–H and O–H groups in total. The summed E-state index contributed by atoms with van der Waals surface area (Å²) in [5.41, 5.74) is 0.685. The molecule has 0 aliphatic carbocycles. The van der Waals surface area contributed by atoms with Crippen LogP contribution in [0.1, 0.15) is 36.5 Å². The van der Waals surface area contributed by atoms with E-state index in [1.54, 1.807) is 31.2 Å². The molecule has 1 heterocycles. The first-order chi connectivity index (χ1) is 10.5. The summed E-state index contributed by atoms with van der Waals surface area (Å²) in [5.74, 6) is -0.210. The molecule has 1 aliphatic heterocycles. The SMILES string of the molecule is CCCS(=O)(=O)Nc1ccccc1C(=O)N[C@H]1CCCNC1. The third-order valence-electron chi connectivity index (χ3n) is 3.54. The number of piperidine rings is 1. The van der Waals surface area contributed by atoms with Crippen LogP contribution in [0.25, 0.3) is 0 Å². The van der Waals surface area contributed by atoms with Crippen LogP contribution in [-0.4, -0.2) is 39.2 Å². The number of amides is 1. The number of anilines is 1. The van der Waals surface area contributed by atoms with Crippen LogP contribution in [0.2, 0.25) is 0 Å². The Morgan fingerprint density at radius 1 is 1.36 bits per heavy atom. The van der Waals surface area contributed by atoms with Crippen molar-refractivity contribution in [2.75, 3.05) is 23.6 Å². The summed E-state index contributed by atoms with van der Waals surface area (Å²) < 4.78 is 26.3. The third-order valence-corrected chi connectivity index (χ3v) is 5.02. The Morgan fingerprint density at radius 3 is 2.82 bits per heavy atom. The molecule has 1 aromatic carbocycles. The average Bonchev–Trinajstić information content (AvgIpc) is 2.48. The minimum Gasteiger partial charge on any atom is -0.348 e. The van der Waals surface area contributed by atoms with Gasteiger partial charge in [0, 0.05) is 12.6 Å². The second-order valence-electron chi connectivity index (χ2n) is 5.48. The predicted octanol–water partition coefficient (Wildman–Crippen LogP) is 1.32. The maximum Gasteiger partial charge on any atom is 0.253 e. The summed E-state index contributed by atoms with van der Waals surface area (Å²) in [6, 6.07) is 6.77. The Hall–Kier alpha value is -1.60. The molecule has 0 unspecified atom stereocenters. The van der Waals surface area contributed by atoms with Crippen molar-refractivity contribution in [3.8, 4) is 0 Å². The zero-order valence-corrected chi connectivity index (χ0v) is 13.6. The van der Waals surface area contributed by atoms with E-state index >= 15 is 0 Å². The number of rotatable bonds is 6. The van der Waals surface area contributed by atoms with Gasteiger partial charge in [-0.25, -0.2) is 8.42 Å². The molecule has 1 atom stereocenters. The van der Waals surface area contributed by atoms with Crippen LogP contribution >= 0.6 is 0 Å². The first-order valence-corrected chi connectivity index (χ1v) is 9.28. The monoisotopic (exact) mass is 325 g/mol. The Labute approximate surface area is 131 Å². The Morgan fingerprint density at radius 2 is 2.14 bits per heavy atom. The number of sulfonamides is 1. The van der Waals surface area contributed by atoms with Crippen LogP contribution in [0.4, 0.5) is 5.69 Å². The highest BCUT2D eigenvalue weighted by atomic mass is 32.2. The van der Waals surface area contributed by atoms with E-state index in [-0.39, 0.29) is 17.7 Å². The molecule has 122 valence electrons. The lowest BCUT2D eigenvalue weighted by molar-refractivity contribution is 0.0931. The first kappa shape index (κ1) is 16.8. The van der Waals surface area contributed by atoms with E-state index in [2.05, 4.69) is 15.4 Å². The van der Waals surface area contributed by atoms with Gasteiger partial charge in [-0.15, -0.1) is 0 Å². The molecule has 1 aliphatic rings. The van der Waals surface area contributed by atoms with Gasteiger partial charge in [-0.1, -0.05) is 19.1 Å². The van der Waals surface area contributed by atoms with Gasteiger partial charge in [0.1, 0.15) is 0 Å². The molecule has 0 aromatic heterocycles. The molecule has 1 amide bonds. The van der Waals surface area contributed by atoms with Crippen LogP contribution in [0.15, 0.2) is 24.3 Å². The van der Waals surface area contributed by atoms with E-state index < -0.39 is 10.0 Å². The molecule has 1 aromatic rings. The largest absolute Gasteiger partial charge is 0.348 e. The van der Waals surface area contributed by atoms with E-state index in [0.717, 1.165) is 25.9 Å². The van der Waals surface area contributed by atoms with Gasteiger partial charge in [-0.2, -0.15) is 0 Å². The molecular formula is C15H23N3O3S. The molecule has 7 heteroatoms. The fraction of sp³-hybridized carbons (Fsp3) is 0.533. The molecule has 0 spiro atoms. The van der Waals surface area contributed by atoms with Crippen molar-refractivity contribution in [3.63, 3.8) is 0 Å². The maximum absolute atomic E-state index is 12.4. The van der Waals surface area contributed by atoms with Gasteiger partial charge in [-0.3, -0.25) is 9.52 Å². The summed E-state index contributed by atoms with van der Waals surface area (Å²) in [7, 11) is -3.42. The summed E-state index contributed by atoms with van der Waals surface area (Å²) in [6.07, 6.45) is 2.48. The highest BCUT2D eigenvalue weighted by Gasteiger charge is 2.19. The number of carbonyl (C=O) groups excluding carboxylic acids is 1. The van der Waals surface area contributed by atoms with Crippen molar-refractivity contribution in [2.45, 2.75) is 32.2 Å². The fourth-order valence-electron chi connectivity index (χ4n) is 2.50. The van der Waals surface area contributed by atoms with Gasteiger partial charge >= 0.3 is 0 Å². The highest BCUT2D eigenvalue weighted by molar-refractivity contribution is 7.92. The third kappa shape index (κ3) is 4.71. The van der Waals surface area contributed by atoms with E-state index in [1.807, 2.05) is 0 Å². The maximum atomic E-state index is 12.4. The Balaban J connectivity index is 2.11. The zero-order valence-electron chi connectivity index (χ0n) is 12.8. The number of hydrogen-bond donors (Lipinski definition) is 3. The van der Waals surface area contributed by atoms with E-state index in [4.69, 9.17) is 0 Å². The van der Waals surface area contributed by atoms with Crippen molar-refractivity contribution in [2.24, 2.45) is 0 Å². The molecule has 1 fully saturated rings. The minimum absolute atomic E-state index is 0.0372. The van der Waals surface area contributed by atoms with Gasteiger partial charge in [0.2, 0.25) is 10.0 Å². The standard InChI is InChI=1S/C15H23N3O3S/c1-2-10-22(20,21)18-14-8-4-3-7-13(14)15(19)17-12-6-5-9-16-11-12/h3-4,7-8,12,16,18H,2,5-6,9-11H2,1H3,(H,17,19)/t12-/m0/s1. The van der Waals surface area contributed by atoms with Gasteiger partial charge < -0.3 is 10.6 Å². The van der Waals surface area contributed by atoms with Gasteiger partial charge in [0.05, 0.1) is 17.0 Å². The smallest absolute Gasteiger partial charge is 0.253 e. The van der Waals surface area contributed by atoms with Gasteiger partial charge in [0.15, 0.2) is 0 Å². The lowest BCUT2D eigenvalue weighted by Gasteiger charge is -2.24. The van der Waals surface area contributed by atoms with Crippen LogP contribution < -0.4 is 15.4 Å². The normalized spacial score (nSPS) is 18.7. The molecule has 0 saturated carbocycles. The van der Waals surface area contributed by atoms with Crippen LogP contribution in [-0.2, 0) is 10.0 Å². The van der Waals surface area contributed by atoms with Crippen molar-refractivity contribution in [1.82, 2.24) is 10.6 Å². The topological polar surface area (TPSA) is 87.3 Å². The second kappa shape index (κ2) is 7.60. The van der Waals surface area contributed by atoms with E-state index in [1.165, 1.54) is 0 Å². The van der Waals surface area contributed by atoms with Crippen LogP contribution in [0.5, 0.6) is 0 Å². The van der Waals surface area contributed by atoms with Crippen molar-refractivity contribution in [1.29, 1.82) is 0 Å². The number of para-hydroxylation sites is 1. The Bertz CT molecular complexity index is 610. The molecule has 2 rings (SSSR count). The lowest BCUT2D eigenvalue weighted by Crippen LogP contribution is -2.45. The predicted molar refractivity (Wildman–Crippen MR) is 87.5 cm³/mol. The van der Waals surface area contributed by atoms with Crippen LogP contribution in [0, 0.1) is 0 Å². The van der Waals surface area contributed by atoms with E-state index in [0.29, 0.717) is 17.7 Å². The molecule has 22 heavy (non-hydrogen) atoms. The minimum atomic E-state index is -3.42. The van der Waals surface area contributed by atoms with Crippen molar-refractivity contribution in [3.05, 3.63) is 29.8 Å². The summed E-state index contributed by atoms with van der Waals surface area (Å²) in [6.45, 7) is 3.52. The van der Waals surface area contributed by atoms with Gasteiger partial charge in [-0.05, 0) is 37.9 Å². The Kier molecular flexibility index (Phi) is 5.79. The highest BCUT2D eigenvalue weighted by Crippen LogP contribution is 2.17. The molecule has 0 bridgehead atoms. The number of nitrogens with one attached hydrogen (secondary N) is 3. The molecule has 6 nitrogen and oxygen atoms in total. The molecule has 1 saturated heterocycles. The van der Waals surface area contributed by atoms with E-state index in [9.17, 15) is 13.2 Å². The first-order valence-electron chi connectivity index (χ1n) is 7.63. The number of carbonyl (C=O) groups is 1. The zero-order chi connectivity index (χ0) is 16.0. The second-order valence-corrected chi connectivity index (χ2v) is 7.33. The summed E-state index contributed by atoms with van der Waals surface area (Å²) in [4.78, 5) is 12.4. The molecule has 0 radical (unpaired) electrons. The van der Waals surface area contributed by atoms with Crippen molar-refractivity contribution >= 4 is 21.6 Å². The van der Waals surface area contributed by atoms with Crippen molar-refractivity contribution < 1.29 is 13.2 Å². The lowest BCUT2D eigenvalue weighted by atomic mass is 10.1. The summed E-state index contributed by atoms with van der Waals surface area (Å²) >= 11 is 0. The number of hydrogen-bond acceptors (Lipinski definition) is 4. The molecular weight excluding hydrogens is 302 g/mol. The fourth-order valence-corrected chi connectivity index (χ4v) is 3.65. The van der Waals surface area contributed by atoms with Crippen LogP contribution in [0.3, 0.4) is 0 Å². The quantitative estimate of drug-likeness (QED) is 0.736. The summed E-state index contributed by atoms with van der Waals surface area (Å²) in [5, 5.41) is 6.19. The number of benzene rings is 1. The van der Waals surface area contributed by atoms with Gasteiger partial charge in [0.25, 0.3) is 5.91 Å². The average molecular weight is 325 g/mol.